The highest BCUT2D eigenvalue weighted by atomic mass is 33.1. The molecule has 3 unspecified atom stereocenters. The summed E-state index contributed by atoms with van der Waals surface area (Å²) in [5.74, 6) is -3.03. The van der Waals surface area contributed by atoms with E-state index in [2.05, 4.69) is 13.9 Å². The molecule has 2 aromatic carbocycles. The number of carbonyl (C=O) groups excluding carboxylic acids is 1. The lowest BCUT2D eigenvalue weighted by atomic mass is 9.89. The molecule has 32 heteroatoms. The summed E-state index contributed by atoms with van der Waals surface area (Å²) < 4.78 is 135. The number of ether oxygens (including phenoxy) is 2. The minimum Gasteiger partial charge on any atom is -0.478 e. The molecule has 10 N–H and O–H groups in total. The smallest absolute Gasteiger partial charge is 0.478 e. The maximum Gasteiger partial charge on any atom is 0.488 e. The number of rotatable bonds is 19. The first-order chi connectivity index (χ1) is 29.3. The number of phosphoric acid groups is 2. The zero-order valence-electron chi connectivity index (χ0n) is 33.5. The third-order valence-electron chi connectivity index (χ3n) is 8.83. The molecule has 3 aliphatic rings. The molecule has 0 bridgehead atoms. The van der Waals surface area contributed by atoms with Crippen LogP contribution in [-0.2, 0) is 56.6 Å². The highest BCUT2D eigenvalue weighted by Crippen LogP contribution is 2.66. The SMILES string of the molecule is B[C@H]1C[C@@H](OCSSC(C)(C)CNC(=O)c2ccc(-c3c4ccc(=N)c(S(=O)(=O)O)c-4oc4c(S(=O)(=O)O)c(N)ccc34)c(C(=O)O)c2)[C@@H](COP(=O)(O)OP(=O)(O)OP(C)(=O)O)O1. The molecular weight excluding hydrogens is 994 g/mol. The van der Waals surface area contributed by atoms with Gasteiger partial charge in [0, 0.05) is 46.0 Å². The van der Waals surface area contributed by atoms with Crippen LogP contribution in [0.1, 0.15) is 41.0 Å². The van der Waals surface area contributed by atoms with Gasteiger partial charge in [0.25, 0.3) is 26.1 Å². The Morgan fingerprint density at radius 3 is 2.23 bits per heavy atom. The summed E-state index contributed by atoms with van der Waals surface area (Å²) in [6.45, 7) is 3.48. The Balaban J connectivity index is 1.30. The first-order valence-electron chi connectivity index (χ1n) is 17.9. The predicted molar refractivity (Wildman–Crippen MR) is 232 cm³/mol. The molecule has 6 atom stereocenters. The Morgan fingerprint density at radius 1 is 0.984 bits per heavy atom. The molecule has 2 aromatic rings. The van der Waals surface area contributed by atoms with E-state index in [9.17, 15) is 64.1 Å². The molecule has 1 saturated heterocycles. The zero-order chi connectivity index (χ0) is 48.0. The van der Waals surface area contributed by atoms with Crippen LogP contribution in [0.2, 0.25) is 0 Å². The zero-order valence-corrected chi connectivity index (χ0v) is 39.4. The van der Waals surface area contributed by atoms with Gasteiger partial charge < -0.3 is 44.7 Å². The lowest BCUT2D eigenvalue weighted by Gasteiger charge is -2.25. The number of phosphoric ester groups is 1. The molecule has 5 rings (SSSR count). The third-order valence-corrected chi connectivity index (χ3v) is 17.8. The summed E-state index contributed by atoms with van der Waals surface area (Å²) in [6, 6.07) is 7.51. The summed E-state index contributed by atoms with van der Waals surface area (Å²) in [7, 11) is -21.6. The van der Waals surface area contributed by atoms with Crippen molar-refractivity contribution in [2.24, 2.45) is 0 Å². The van der Waals surface area contributed by atoms with Crippen LogP contribution in [0.3, 0.4) is 0 Å². The summed E-state index contributed by atoms with van der Waals surface area (Å²) in [5, 5.41) is 20.3. The fourth-order valence-corrected chi connectivity index (χ4v) is 13.5. The van der Waals surface area contributed by atoms with Crippen molar-refractivity contribution >= 4 is 101 Å². The number of carboxylic acid groups (broad SMARTS) is 1. The number of fused-ring (bicyclic) bond motifs is 2. The van der Waals surface area contributed by atoms with E-state index in [1.807, 2.05) is 0 Å². The Hall–Kier alpha value is -3.18. The number of carbonyl (C=O) groups is 2. The van der Waals surface area contributed by atoms with Crippen molar-refractivity contribution in [3.05, 3.63) is 58.9 Å². The Bertz CT molecular complexity index is 2910. The van der Waals surface area contributed by atoms with Crippen LogP contribution < -0.4 is 16.4 Å². The highest BCUT2D eigenvalue weighted by molar-refractivity contribution is 8.77. The Labute approximate surface area is 372 Å². The van der Waals surface area contributed by atoms with E-state index in [1.54, 1.807) is 21.7 Å². The average Bonchev–Trinajstić information content (AvgIpc) is 3.49. The molecule has 64 heavy (non-hydrogen) atoms. The number of benzene rings is 3. The number of anilines is 1. The minimum atomic E-state index is -5.48. The van der Waals surface area contributed by atoms with E-state index in [-0.39, 0.29) is 46.1 Å². The van der Waals surface area contributed by atoms with Crippen LogP contribution in [0.5, 0.6) is 0 Å². The largest absolute Gasteiger partial charge is 0.488 e. The molecule has 2 aliphatic heterocycles. The molecule has 1 aliphatic carbocycles. The summed E-state index contributed by atoms with van der Waals surface area (Å²) in [6.07, 6.45) is -1.31. The van der Waals surface area contributed by atoms with E-state index >= 15 is 0 Å². The fourth-order valence-electron chi connectivity index (χ4n) is 6.37. The van der Waals surface area contributed by atoms with Gasteiger partial charge in [-0.3, -0.25) is 28.4 Å². The van der Waals surface area contributed by atoms with Gasteiger partial charge in [-0.15, -0.1) is 0 Å². The topological polar surface area (TPSA) is 396 Å². The van der Waals surface area contributed by atoms with Crippen molar-refractivity contribution in [1.29, 1.82) is 5.41 Å². The molecule has 1 fully saturated rings. The van der Waals surface area contributed by atoms with Crippen molar-refractivity contribution in [2.45, 2.75) is 53.0 Å². The van der Waals surface area contributed by atoms with Crippen LogP contribution in [0.15, 0.2) is 56.7 Å². The molecule has 2 heterocycles. The third kappa shape index (κ3) is 12.8. The van der Waals surface area contributed by atoms with E-state index in [1.165, 1.54) is 45.9 Å². The van der Waals surface area contributed by atoms with Gasteiger partial charge in [0.15, 0.2) is 21.1 Å². The number of nitrogens with two attached hydrogens (primary N) is 1. The summed E-state index contributed by atoms with van der Waals surface area (Å²) >= 11 is 0. The van der Waals surface area contributed by atoms with Crippen molar-refractivity contribution in [3.63, 3.8) is 0 Å². The second kappa shape index (κ2) is 19.2. The van der Waals surface area contributed by atoms with Gasteiger partial charge in [0.2, 0.25) is 0 Å². The van der Waals surface area contributed by atoms with Gasteiger partial charge in [0.05, 0.1) is 29.3 Å². The maximum absolute atomic E-state index is 13.4. The van der Waals surface area contributed by atoms with E-state index in [4.69, 9.17) is 34.5 Å². The van der Waals surface area contributed by atoms with Crippen molar-refractivity contribution < 1.29 is 96.0 Å². The number of aromatic carboxylic acids is 1. The number of amides is 1. The first-order valence-corrected chi connectivity index (χ1v) is 28.1. The lowest BCUT2D eigenvalue weighted by molar-refractivity contribution is -0.0237. The predicted octanol–water partition coefficient (Wildman–Crippen LogP) is 3.50. The molecule has 24 nitrogen and oxygen atoms in total. The van der Waals surface area contributed by atoms with E-state index < -0.39 is 117 Å². The molecule has 1 amide bonds. The van der Waals surface area contributed by atoms with Crippen LogP contribution >= 0.6 is 44.8 Å². The Morgan fingerprint density at radius 2 is 1.62 bits per heavy atom. The molecule has 0 saturated carbocycles. The minimum absolute atomic E-state index is 0.0187. The van der Waals surface area contributed by atoms with Crippen LogP contribution in [0.25, 0.3) is 33.4 Å². The second-order valence-corrected chi connectivity index (χ2v) is 25.3. The second-order valence-electron chi connectivity index (χ2n) is 14.6. The average molecular weight is 1030 g/mol. The quantitative estimate of drug-likeness (QED) is 0.00948. The number of nitrogens with one attached hydrogen (secondary N) is 2. The number of hydrogen-bond donors (Lipinski definition) is 9. The standard InChI is InChI=1S/C32H39BN3O21P3S4/c1-32(2,62-61-14-52-22-11-24(33)54-23(22)12-53-59(42,43)57-60(44,45)56-58(3,40)41)13-36-30(37)15-4-5-16(19(10-15)31(38)39)25-17-6-8-20(34)28(63(46,47)48)26(17)55-27-18(25)7-9-21(35)29(27)64(49,50)51/h4-10,22-24,34H,11-14,33,35H2,1-3H3,(H,36,37)(H,38,39)(H,40,41)(H,42,43)(H,44,45)(H,46,47,48)(H,49,50,51)/t22-,23-,24-/m1/s1. The van der Waals surface area contributed by atoms with Crippen LogP contribution in [0.4, 0.5) is 5.69 Å². The van der Waals surface area contributed by atoms with E-state index in [0.29, 0.717) is 13.1 Å². The molecule has 0 aromatic heterocycles. The van der Waals surface area contributed by atoms with Gasteiger partial charge in [-0.05, 0) is 62.2 Å². The fraction of sp³-hybridized carbons (Fsp3) is 0.344. The van der Waals surface area contributed by atoms with Crippen molar-refractivity contribution in [2.75, 3.05) is 31.5 Å². The van der Waals surface area contributed by atoms with Crippen LogP contribution in [-0.4, -0.2) is 114 Å². The number of hydrogen-bond acceptors (Lipinski definition) is 19. The molecule has 350 valence electrons. The highest BCUT2D eigenvalue weighted by Gasteiger charge is 2.42. The maximum atomic E-state index is 13.4. The summed E-state index contributed by atoms with van der Waals surface area (Å²) in [4.78, 5) is 52.7. The van der Waals surface area contributed by atoms with Gasteiger partial charge in [-0.2, -0.15) is 21.1 Å². The van der Waals surface area contributed by atoms with Gasteiger partial charge in [0.1, 0.15) is 19.9 Å². The van der Waals surface area contributed by atoms with E-state index in [0.717, 1.165) is 18.2 Å². The number of nitrogen functional groups attached to an aromatic ring is 1. The normalized spacial score (nSPS) is 20.1. The van der Waals surface area contributed by atoms with Crippen molar-refractivity contribution in [3.8, 4) is 22.5 Å². The van der Waals surface area contributed by atoms with Gasteiger partial charge in [-0.1, -0.05) is 27.7 Å². The van der Waals surface area contributed by atoms with Crippen molar-refractivity contribution in [1.82, 2.24) is 5.32 Å². The van der Waals surface area contributed by atoms with Crippen LogP contribution in [0, 0.1) is 5.41 Å². The van der Waals surface area contributed by atoms with Gasteiger partial charge in [-0.25, -0.2) is 18.2 Å². The number of carboxylic acids is 1. The van der Waals surface area contributed by atoms with Gasteiger partial charge >= 0.3 is 29.2 Å². The molecular formula is C32H39BN3O21P3S4. The molecule has 0 spiro atoms. The Kier molecular flexibility index (Phi) is 15.5. The lowest BCUT2D eigenvalue weighted by Crippen LogP contribution is -2.36. The monoisotopic (exact) mass is 1030 g/mol. The molecule has 0 radical (unpaired) electrons. The first kappa shape index (κ1) is 51.8. The summed E-state index contributed by atoms with van der Waals surface area (Å²) in [5.41, 5.74) is 3.34.